The fraction of sp³-hybridized carbons (Fsp3) is 0.350. The molecular weight excluding hydrogens is 389 g/mol. The Balaban J connectivity index is 1.66. The molecule has 4 nitrogen and oxygen atoms in total. The number of hydrogen-bond donors (Lipinski definition) is 0. The molecule has 1 aliphatic heterocycles. The number of amides is 1. The molecule has 0 aromatic heterocycles. The molecule has 144 valence electrons. The second-order valence-electron chi connectivity index (χ2n) is 6.68. The molecule has 0 saturated carbocycles. The van der Waals surface area contributed by atoms with Crippen LogP contribution in [0.15, 0.2) is 53.4 Å². The third kappa shape index (κ3) is 4.68. The molecule has 0 bridgehead atoms. The van der Waals surface area contributed by atoms with Crippen LogP contribution in [-0.2, 0) is 21.1 Å². The lowest BCUT2D eigenvalue weighted by molar-refractivity contribution is -0.131. The van der Waals surface area contributed by atoms with Crippen molar-refractivity contribution in [2.75, 3.05) is 12.3 Å². The van der Waals surface area contributed by atoms with Crippen LogP contribution in [0, 0.1) is 5.82 Å². The number of carbonyl (C=O) groups is 1. The molecule has 1 fully saturated rings. The molecule has 2 aromatic carbocycles. The molecule has 0 N–H and O–H groups in total. The lowest BCUT2D eigenvalue weighted by atomic mass is 10.1. The fourth-order valence-corrected chi connectivity index (χ4v) is 5.34. The first-order chi connectivity index (χ1) is 12.9. The molecule has 0 aliphatic carbocycles. The van der Waals surface area contributed by atoms with E-state index in [2.05, 4.69) is 0 Å². The predicted octanol–water partition coefficient (Wildman–Crippen LogP) is 3.88. The quantitative estimate of drug-likeness (QED) is 0.727. The van der Waals surface area contributed by atoms with Crippen molar-refractivity contribution in [3.63, 3.8) is 0 Å². The third-order valence-electron chi connectivity index (χ3n) is 4.86. The van der Waals surface area contributed by atoms with Crippen LogP contribution in [-0.4, -0.2) is 37.6 Å². The summed E-state index contributed by atoms with van der Waals surface area (Å²) in [6.07, 6.45) is 1.71. The van der Waals surface area contributed by atoms with Crippen LogP contribution in [0.25, 0.3) is 0 Å². The van der Waals surface area contributed by atoms with E-state index in [4.69, 9.17) is 11.6 Å². The summed E-state index contributed by atoms with van der Waals surface area (Å²) in [5, 5.41) is 0.299. The largest absolute Gasteiger partial charge is 0.339 e. The molecule has 0 spiro atoms. The number of carbonyl (C=O) groups excluding carboxylic acids is 1. The van der Waals surface area contributed by atoms with Crippen LogP contribution in [0.3, 0.4) is 0 Å². The van der Waals surface area contributed by atoms with Gasteiger partial charge in [-0.15, -0.1) is 0 Å². The average Bonchev–Trinajstić information content (AvgIpc) is 3.09. The number of hydrogen-bond acceptors (Lipinski definition) is 3. The Morgan fingerprint density at radius 3 is 2.59 bits per heavy atom. The van der Waals surface area contributed by atoms with Gasteiger partial charge in [0.25, 0.3) is 0 Å². The number of benzene rings is 2. The normalized spacial score (nSPS) is 17.3. The molecule has 27 heavy (non-hydrogen) atoms. The minimum atomic E-state index is -3.47. The van der Waals surface area contributed by atoms with E-state index in [1.165, 1.54) is 12.1 Å². The van der Waals surface area contributed by atoms with Crippen molar-refractivity contribution in [2.24, 2.45) is 0 Å². The van der Waals surface area contributed by atoms with Gasteiger partial charge in [0.2, 0.25) is 5.91 Å². The first-order valence-corrected chi connectivity index (χ1v) is 10.9. The molecule has 2 aromatic rings. The van der Waals surface area contributed by atoms with Gasteiger partial charge in [-0.1, -0.05) is 35.9 Å². The van der Waals surface area contributed by atoms with Gasteiger partial charge in [0.1, 0.15) is 5.82 Å². The van der Waals surface area contributed by atoms with Crippen molar-refractivity contribution in [1.82, 2.24) is 4.90 Å². The second kappa shape index (κ2) is 8.40. The lowest BCUT2D eigenvalue weighted by Gasteiger charge is -2.25. The van der Waals surface area contributed by atoms with E-state index in [1.807, 2.05) is 0 Å². The minimum absolute atomic E-state index is 0.0940. The number of sulfone groups is 1. The van der Waals surface area contributed by atoms with Gasteiger partial charge in [-0.05, 0) is 43.5 Å². The number of rotatable bonds is 6. The molecule has 1 heterocycles. The second-order valence-corrected chi connectivity index (χ2v) is 9.12. The van der Waals surface area contributed by atoms with E-state index in [1.54, 1.807) is 41.3 Å². The predicted molar refractivity (Wildman–Crippen MR) is 103 cm³/mol. The molecule has 7 heteroatoms. The van der Waals surface area contributed by atoms with E-state index in [9.17, 15) is 17.6 Å². The summed E-state index contributed by atoms with van der Waals surface area (Å²) in [7, 11) is -3.47. The van der Waals surface area contributed by atoms with E-state index in [0.29, 0.717) is 23.6 Å². The summed E-state index contributed by atoms with van der Waals surface area (Å²) in [5.74, 6) is -0.691. The summed E-state index contributed by atoms with van der Waals surface area (Å²) < 4.78 is 39.1. The monoisotopic (exact) mass is 409 g/mol. The highest BCUT2D eigenvalue weighted by atomic mass is 35.5. The van der Waals surface area contributed by atoms with Crippen molar-refractivity contribution in [3.05, 3.63) is 64.9 Å². The zero-order chi connectivity index (χ0) is 19.4. The number of nitrogens with zero attached hydrogens (tertiary/aromatic N) is 1. The van der Waals surface area contributed by atoms with Crippen LogP contribution in [0.5, 0.6) is 0 Å². The van der Waals surface area contributed by atoms with Gasteiger partial charge in [0, 0.05) is 29.6 Å². The summed E-state index contributed by atoms with van der Waals surface area (Å²) in [4.78, 5) is 14.5. The number of likely N-dealkylation sites (tertiary alicyclic amines) is 1. The fourth-order valence-electron chi connectivity index (χ4n) is 3.46. The van der Waals surface area contributed by atoms with Crippen molar-refractivity contribution in [2.45, 2.75) is 36.6 Å². The van der Waals surface area contributed by atoms with Gasteiger partial charge < -0.3 is 4.90 Å². The van der Waals surface area contributed by atoms with Crippen LogP contribution >= 0.6 is 11.6 Å². The zero-order valence-electron chi connectivity index (χ0n) is 14.8. The summed E-state index contributed by atoms with van der Waals surface area (Å²) in [6.45, 7) is 0.527. The van der Waals surface area contributed by atoms with Gasteiger partial charge in [0.05, 0.1) is 10.6 Å². The average molecular weight is 410 g/mol. The first kappa shape index (κ1) is 19.8. The smallest absolute Gasteiger partial charge is 0.223 e. The van der Waals surface area contributed by atoms with E-state index < -0.39 is 15.7 Å². The molecule has 1 unspecified atom stereocenters. The van der Waals surface area contributed by atoms with Crippen molar-refractivity contribution in [1.29, 1.82) is 0 Å². The van der Waals surface area contributed by atoms with E-state index >= 15 is 0 Å². The van der Waals surface area contributed by atoms with Gasteiger partial charge in [-0.2, -0.15) is 0 Å². The van der Waals surface area contributed by atoms with Gasteiger partial charge >= 0.3 is 0 Å². The summed E-state index contributed by atoms with van der Waals surface area (Å²) in [5.41, 5.74) is 0.320. The lowest BCUT2D eigenvalue weighted by Crippen LogP contribution is -2.39. The molecule has 0 radical (unpaired) electrons. The number of halogens is 2. The SMILES string of the molecule is O=C(CCc1c(F)cccc1Cl)N1CCCC1CS(=O)(=O)c1ccccc1. The summed E-state index contributed by atoms with van der Waals surface area (Å²) >= 11 is 6.01. The Labute approximate surface area is 163 Å². The Morgan fingerprint density at radius 1 is 1.15 bits per heavy atom. The molecule has 1 aliphatic rings. The standard InChI is InChI=1S/C20H21ClFNO3S/c21-18-9-4-10-19(22)17(18)11-12-20(24)23-13-5-6-15(23)14-27(25,26)16-7-2-1-3-8-16/h1-4,7-10,15H,5-6,11-14H2. The highest BCUT2D eigenvalue weighted by Gasteiger charge is 2.32. The first-order valence-electron chi connectivity index (χ1n) is 8.88. The zero-order valence-corrected chi connectivity index (χ0v) is 16.3. The Hall–Kier alpha value is -1.92. The van der Waals surface area contributed by atoms with Crippen molar-refractivity contribution < 1.29 is 17.6 Å². The van der Waals surface area contributed by atoms with Crippen molar-refractivity contribution >= 4 is 27.3 Å². The maximum atomic E-state index is 13.9. The van der Waals surface area contributed by atoms with Crippen LogP contribution in [0.2, 0.25) is 5.02 Å². The Bertz CT molecular complexity index is 898. The highest BCUT2D eigenvalue weighted by molar-refractivity contribution is 7.91. The minimum Gasteiger partial charge on any atom is -0.339 e. The molecule has 3 rings (SSSR count). The van der Waals surface area contributed by atoms with E-state index in [0.717, 1.165) is 6.42 Å². The van der Waals surface area contributed by atoms with Crippen LogP contribution in [0.4, 0.5) is 4.39 Å². The Morgan fingerprint density at radius 2 is 1.89 bits per heavy atom. The molecular formula is C20H21ClFNO3S. The molecule has 1 amide bonds. The maximum absolute atomic E-state index is 13.9. The molecule has 1 atom stereocenters. The van der Waals surface area contributed by atoms with E-state index in [-0.39, 0.29) is 35.4 Å². The summed E-state index contributed by atoms with van der Waals surface area (Å²) in [6, 6.07) is 12.3. The van der Waals surface area contributed by atoms with Crippen LogP contribution in [0.1, 0.15) is 24.8 Å². The van der Waals surface area contributed by atoms with Crippen molar-refractivity contribution in [3.8, 4) is 0 Å². The third-order valence-corrected chi connectivity index (χ3v) is 7.03. The van der Waals surface area contributed by atoms with Gasteiger partial charge in [-0.25, -0.2) is 12.8 Å². The maximum Gasteiger partial charge on any atom is 0.223 e. The van der Waals surface area contributed by atoms with Gasteiger partial charge in [0.15, 0.2) is 9.84 Å². The van der Waals surface area contributed by atoms with Crippen LogP contribution < -0.4 is 0 Å². The topological polar surface area (TPSA) is 54.5 Å². The Kier molecular flexibility index (Phi) is 6.17. The molecule has 1 saturated heterocycles. The van der Waals surface area contributed by atoms with Gasteiger partial charge in [-0.3, -0.25) is 4.79 Å². The highest BCUT2D eigenvalue weighted by Crippen LogP contribution is 2.25.